The summed E-state index contributed by atoms with van der Waals surface area (Å²) in [6.45, 7) is 3.55. The summed E-state index contributed by atoms with van der Waals surface area (Å²) in [6.07, 6.45) is 9.88. The average molecular weight is 492 g/mol. The fourth-order valence-corrected chi connectivity index (χ4v) is 4.82. The van der Waals surface area contributed by atoms with Crippen molar-refractivity contribution >= 4 is 38.7 Å². The van der Waals surface area contributed by atoms with E-state index in [-0.39, 0.29) is 40.7 Å². The lowest BCUT2D eigenvalue weighted by Crippen LogP contribution is -2.16. The van der Waals surface area contributed by atoms with Crippen LogP contribution in [0.15, 0.2) is 53.7 Å². The number of aliphatic hydroxyl groups is 1. The molecule has 1 aliphatic rings. The zero-order valence-corrected chi connectivity index (χ0v) is 19.8. The highest BCUT2D eigenvalue weighted by Gasteiger charge is 2.21. The van der Waals surface area contributed by atoms with Gasteiger partial charge in [-0.2, -0.15) is 0 Å². The van der Waals surface area contributed by atoms with E-state index in [2.05, 4.69) is 21.9 Å². The zero-order chi connectivity index (χ0) is 24.0. The van der Waals surface area contributed by atoms with Crippen molar-refractivity contribution in [2.24, 2.45) is 5.92 Å². The largest absolute Gasteiger partial charge is 0.472 e. The number of anilines is 1. The van der Waals surface area contributed by atoms with Crippen LogP contribution in [0.3, 0.4) is 0 Å². The summed E-state index contributed by atoms with van der Waals surface area (Å²) in [5, 5.41) is 11.8. The van der Waals surface area contributed by atoms with E-state index in [0.29, 0.717) is 16.7 Å². The molecule has 1 saturated carbocycles. The first-order chi connectivity index (χ1) is 15.7. The molecule has 1 fully saturated rings. The van der Waals surface area contributed by atoms with Crippen LogP contribution in [0.4, 0.5) is 5.82 Å². The minimum atomic E-state index is -3.48. The molecule has 0 unspecified atom stereocenters. The van der Waals surface area contributed by atoms with E-state index >= 15 is 0 Å². The van der Waals surface area contributed by atoms with Crippen LogP contribution < -0.4 is 10.1 Å². The second-order valence-corrected chi connectivity index (χ2v) is 10.3. The first kappa shape index (κ1) is 24.9. The number of ether oxygens (including phenoxy) is 1. The van der Waals surface area contributed by atoms with Gasteiger partial charge in [0, 0.05) is 11.8 Å². The molecule has 0 bridgehead atoms. The van der Waals surface area contributed by atoms with Gasteiger partial charge in [0.15, 0.2) is 15.7 Å². The minimum Gasteiger partial charge on any atom is -0.472 e. The highest BCUT2D eigenvalue weighted by molar-refractivity contribution is 7.90. The van der Waals surface area contributed by atoms with Gasteiger partial charge in [0.2, 0.25) is 5.88 Å². The number of amides is 1. The molecule has 1 aromatic carbocycles. The van der Waals surface area contributed by atoms with E-state index in [0.717, 1.165) is 31.9 Å². The van der Waals surface area contributed by atoms with Gasteiger partial charge in [0.25, 0.3) is 5.91 Å². The number of hydrogen-bond acceptors (Lipinski definition) is 7. The number of carbonyl (C=O) groups excluding carboxylic acids is 1. The number of benzene rings is 1. The van der Waals surface area contributed by atoms with E-state index in [1.165, 1.54) is 24.5 Å². The average Bonchev–Trinajstić information content (AvgIpc) is 3.29. The molecule has 0 atom stereocenters. The minimum absolute atomic E-state index is 0.0128. The third-order valence-corrected chi connectivity index (χ3v) is 6.79. The maximum Gasteiger partial charge on any atom is 0.257 e. The van der Waals surface area contributed by atoms with Crippen LogP contribution in [0.2, 0.25) is 5.02 Å². The Balaban J connectivity index is 1.82. The van der Waals surface area contributed by atoms with Crippen molar-refractivity contribution in [1.29, 1.82) is 0 Å². The van der Waals surface area contributed by atoms with Crippen molar-refractivity contribution in [3.05, 3.63) is 59.4 Å². The standard InChI is InChI=1S/C23H26ClN3O5S/c1-15(13-28)14-32-22-12-25-21(11-26-22)27-23(29)18(9-16-5-3-4-6-16)17-7-8-20(19(24)10-17)33(2,30)31/h7-12,16,28H,1,3-6,13-14H2,2H3,(H,25,27,29)/b18-9+. The van der Waals surface area contributed by atoms with Gasteiger partial charge in [-0.15, -0.1) is 0 Å². The molecule has 3 rings (SSSR count). The number of rotatable bonds is 9. The Morgan fingerprint density at radius 2 is 2.03 bits per heavy atom. The normalized spacial score (nSPS) is 14.8. The third kappa shape index (κ3) is 6.86. The molecule has 1 amide bonds. The fraction of sp³-hybridized carbons (Fsp3) is 0.348. The molecule has 1 aromatic heterocycles. The Morgan fingerprint density at radius 1 is 1.30 bits per heavy atom. The summed E-state index contributed by atoms with van der Waals surface area (Å²) in [5.41, 5.74) is 1.41. The van der Waals surface area contributed by atoms with Gasteiger partial charge in [0.1, 0.15) is 6.61 Å². The molecule has 0 spiro atoms. The Morgan fingerprint density at radius 3 is 2.61 bits per heavy atom. The van der Waals surface area contributed by atoms with Crippen LogP contribution in [-0.2, 0) is 14.6 Å². The molecule has 0 radical (unpaired) electrons. The molecule has 0 aliphatic heterocycles. The van der Waals surface area contributed by atoms with Crippen molar-refractivity contribution in [3.8, 4) is 5.88 Å². The molecular formula is C23H26ClN3O5S. The number of hydrogen-bond donors (Lipinski definition) is 2. The van der Waals surface area contributed by atoms with Gasteiger partial charge in [0.05, 0.1) is 28.9 Å². The highest BCUT2D eigenvalue weighted by atomic mass is 35.5. The van der Waals surface area contributed by atoms with Crippen LogP contribution in [0.25, 0.3) is 5.57 Å². The maximum absolute atomic E-state index is 13.2. The van der Waals surface area contributed by atoms with E-state index < -0.39 is 15.7 Å². The number of nitrogens with zero attached hydrogens (tertiary/aromatic N) is 2. The quantitative estimate of drug-likeness (QED) is 0.405. The van der Waals surface area contributed by atoms with E-state index in [1.54, 1.807) is 6.07 Å². The number of carbonyl (C=O) groups is 1. The summed E-state index contributed by atoms with van der Waals surface area (Å²) >= 11 is 6.22. The topological polar surface area (TPSA) is 118 Å². The van der Waals surface area contributed by atoms with Gasteiger partial charge >= 0.3 is 0 Å². The number of aliphatic hydroxyl groups excluding tert-OH is 1. The SMILES string of the molecule is C=C(CO)COc1cnc(NC(=O)/C(=C/C2CCCC2)c2ccc(S(C)(=O)=O)c(Cl)c2)cn1. The summed E-state index contributed by atoms with van der Waals surface area (Å²) in [6, 6.07) is 4.49. The molecule has 1 aliphatic carbocycles. The summed E-state index contributed by atoms with van der Waals surface area (Å²) in [7, 11) is -3.48. The van der Waals surface area contributed by atoms with Crippen molar-refractivity contribution in [2.45, 2.75) is 30.6 Å². The molecule has 8 nitrogen and oxygen atoms in total. The van der Waals surface area contributed by atoms with Gasteiger partial charge in [-0.3, -0.25) is 4.79 Å². The molecule has 33 heavy (non-hydrogen) atoms. The maximum atomic E-state index is 13.2. The Bertz CT molecular complexity index is 1160. The number of halogens is 1. The smallest absolute Gasteiger partial charge is 0.257 e. The van der Waals surface area contributed by atoms with Crippen molar-refractivity contribution in [2.75, 3.05) is 24.8 Å². The Hall–Kier alpha value is -2.75. The lowest BCUT2D eigenvalue weighted by Gasteiger charge is -2.13. The van der Waals surface area contributed by atoms with Crippen molar-refractivity contribution in [1.82, 2.24) is 9.97 Å². The van der Waals surface area contributed by atoms with Gasteiger partial charge in [-0.05, 0) is 42.0 Å². The van der Waals surface area contributed by atoms with E-state index in [4.69, 9.17) is 21.4 Å². The van der Waals surface area contributed by atoms with Crippen molar-refractivity contribution in [3.63, 3.8) is 0 Å². The summed E-state index contributed by atoms with van der Waals surface area (Å²) < 4.78 is 29.1. The van der Waals surface area contributed by atoms with Crippen LogP contribution in [0.5, 0.6) is 5.88 Å². The lowest BCUT2D eigenvalue weighted by atomic mass is 9.98. The molecule has 2 aromatic rings. The summed E-state index contributed by atoms with van der Waals surface area (Å²) in [5.74, 6) is 0.305. The lowest BCUT2D eigenvalue weighted by molar-refractivity contribution is -0.111. The zero-order valence-electron chi connectivity index (χ0n) is 18.3. The molecular weight excluding hydrogens is 466 g/mol. The first-order valence-electron chi connectivity index (χ1n) is 10.4. The predicted octanol–water partition coefficient (Wildman–Crippen LogP) is 3.67. The number of aromatic nitrogens is 2. The molecule has 176 valence electrons. The van der Waals surface area contributed by atoms with E-state index in [1.807, 2.05) is 6.08 Å². The second-order valence-electron chi connectivity index (χ2n) is 7.93. The first-order valence-corrected chi connectivity index (χ1v) is 12.7. The molecule has 0 saturated heterocycles. The predicted molar refractivity (Wildman–Crippen MR) is 127 cm³/mol. The molecule has 10 heteroatoms. The van der Waals surface area contributed by atoms with E-state index in [9.17, 15) is 13.2 Å². The van der Waals surface area contributed by atoms with Gasteiger partial charge in [-0.1, -0.05) is 43.2 Å². The summed E-state index contributed by atoms with van der Waals surface area (Å²) in [4.78, 5) is 21.4. The number of nitrogens with one attached hydrogen (secondary N) is 1. The van der Waals surface area contributed by atoms with Crippen molar-refractivity contribution < 1.29 is 23.1 Å². The number of sulfone groups is 1. The molecule has 2 N–H and O–H groups in total. The molecule has 1 heterocycles. The third-order valence-electron chi connectivity index (χ3n) is 5.21. The van der Waals surface area contributed by atoms with Gasteiger partial charge in [-0.25, -0.2) is 18.4 Å². The van der Waals surface area contributed by atoms with Crippen LogP contribution in [0, 0.1) is 5.92 Å². The van der Waals surface area contributed by atoms with Crippen LogP contribution in [0.1, 0.15) is 31.2 Å². The number of allylic oxidation sites excluding steroid dienone is 1. The fourth-order valence-electron chi connectivity index (χ4n) is 3.49. The van der Waals surface area contributed by atoms with Gasteiger partial charge < -0.3 is 15.2 Å². The second kappa shape index (κ2) is 10.9. The Labute approximate surface area is 198 Å². The highest BCUT2D eigenvalue weighted by Crippen LogP contribution is 2.32. The Kier molecular flexibility index (Phi) is 8.23. The van der Waals surface area contributed by atoms with Crippen LogP contribution in [-0.4, -0.2) is 48.9 Å². The van der Waals surface area contributed by atoms with Crippen LogP contribution >= 0.6 is 11.6 Å². The monoisotopic (exact) mass is 491 g/mol.